The van der Waals surface area contributed by atoms with Gasteiger partial charge in [0.1, 0.15) is 0 Å². The summed E-state index contributed by atoms with van der Waals surface area (Å²) < 4.78 is 0. The van der Waals surface area contributed by atoms with Gasteiger partial charge in [-0.25, -0.2) is 0 Å². The molecule has 0 aliphatic carbocycles. The normalized spacial score (nSPS) is 12.8. The highest BCUT2D eigenvalue weighted by Crippen LogP contribution is 2.21. The first kappa shape index (κ1) is 13.2. The summed E-state index contributed by atoms with van der Waals surface area (Å²) in [4.78, 5) is 0. The monoisotopic (exact) mass is 219 g/mol. The summed E-state index contributed by atoms with van der Waals surface area (Å²) in [5, 5.41) is 3.29. The van der Waals surface area contributed by atoms with Gasteiger partial charge in [-0.05, 0) is 63.4 Å². The van der Waals surface area contributed by atoms with Crippen LogP contribution in [-0.4, -0.2) is 13.6 Å². The minimum Gasteiger partial charge on any atom is -0.319 e. The van der Waals surface area contributed by atoms with Gasteiger partial charge in [-0.15, -0.1) is 0 Å². The van der Waals surface area contributed by atoms with E-state index in [0.717, 1.165) is 12.5 Å². The van der Waals surface area contributed by atoms with Crippen molar-refractivity contribution in [3.05, 3.63) is 34.4 Å². The molecular formula is C15H25N. The van der Waals surface area contributed by atoms with Crippen molar-refractivity contribution in [1.82, 2.24) is 5.32 Å². The number of hydrogen-bond donors (Lipinski definition) is 1. The van der Waals surface area contributed by atoms with E-state index in [1.54, 1.807) is 5.56 Å². The summed E-state index contributed by atoms with van der Waals surface area (Å²) in [6.07, 6.45) is 2.45. The molecule has 90 valence electrons. The number of hydrogen-bond acceptors (Lipinski definition) is 1. The Bertz CT molecular complexity index is 318. The smallest absolute Gasteiger partial charge is 0.00204 e. The summed E-state index contributed by atoms with van der Waals surface area (Å²) in [5.74, 6) is 0.755. The van der Waals surface area contributed by atoms with Crippen LogP contribution in [0.25, 0.3) is 0 Å². The second-order valence-corrected chi connectivity index (χ2v) is 4.91. The highest BCUT2D eigenvalue weighted by molar-refractivity contribution is 5.37. The average Bonchev–Trinajstić information content (AvgIpc) is 2.21. The van der Waals surface area contributed by atoms with E-state index >= 15 is 0 Å². The quantitative estimate of drug-likeness (QED) is 0.800. The molecule has 0 fully saturated rings. The predicted molar refractivity (Wildman–Crippen MR) is 72.1 cm³/mol. The second kappa shape index (κ2) is 6.05. The predicted octanol–water partition coefficient (Wildman–Crippen LogP) is 3.40. The van der Waals surface area contributed by atoms with Crippen LogP contribution in [0.2, 0.25) is 0 Å². The molecule has 1 heteroatoms. The Morgan fingerprint density at radius 1 is 1.12 bits per heavy atom. The van der Waals surface area contributed by atoms with E-state index in [9.17, 15) is 0 Å². The Balaban J connectivity index is 2.87. The number of nitrogens with one attached hydrogen (secondary N) is 1. The molecule has 0 spiro atoms. The van der Waals surface area contributed by atoms with E-state index in [1.165, 1.54) is 29.5 Å². The van der Waals surface area contributed by atoms with Crippen molar-refractivity contribution in [1.29, 1.82) is 0 Å². The van der Waals surface area contributed by atoms with Crippen LogP contribution in [0.3, 0.4) is 0 Å². The van der Waals surface area contributed by atoms with Crippen LogP contribution < -0.4 is 5.32 Å². The van der Waals surface area contributed by atoms with Crippen molar-refractivity contribution in [3.63, 3.8) is 0 Å². The maximum Gasteiger partial charge on any atom is -0.00204 e. The third kappa shape index (κ3) is 3.34. The van der Waals surface area contributed by atoms with Crippen LogP contribution in [0.1, 0.15) is 35.6 Å². The Morgan fingerprint density at radius 2 is 1.69 bits per heavy atom. The van der Waals surface area contributed by atoms with Crippen LogP contribution in [-0.2, 0) is 6.42 Å². The minimum absolute atomic E-state index is 0.755. The largest absolute Gasteiger partial charge is 0.319 e. The Hall–Kier alpha value is -0.820. The Labute approximate surface area is 100 Å². The van der Waals surface area contributed by atoms with E-state index in [2.05, 4.69) is 45.1 Å². The van der Waals surface area contributed by atoms with Crippen molar-refractivity contribution in [3.8, 4) is 0 Å². The molecule has 0 aliphatic rings. The third-order valence-electron chi connectivity index (χ3n) is 3.40. The maximum absolute atomic E-state index is 3.29. The number of benzene rings is 1. The van der Waals surface area contributed by atoms with Gasteiger partial charge in [0.2, 0.25) is 0 Å². The number of rotatable bonds is 5. The van der Waals surface area contributed by atoms with Crippen LogP contribution in [0, 0.1) is 26.7 Å². The lowest BCUT2D eigenvalue weighted by molar-refractivity contribution is 0.479. The molecule has 1 rings (SSSR count). The van der Waals surface area contributed by atoms with Crippen molar-refractivity contribution >= 4 is 0 Å². The molecule has 0 amide bonds. The molecule has 0 saturated heterocycles. The van der Waals surface area contributed by atoms with Crippen molar-refractivity contribution < 1.29 is 0 Å². The van der Waals surface area contributed by atoms with Gasteiger partial charge in [-0.3, -0.25) is 0 Å². The molecule has 1 aromatic carbocycles. The van der Waals surface area contributed by atoms with Crippen molar-refractivity contribution in [2.45, 2.75) is 40.5 Å². The SMILES string of the molecule is CCC(CNC)Cc1c(C)cc(C)cc1C. The molecular weight excluding hydrogens is 194 g/mol. The van der Waals surface area contributed by atoms with Crippen LogP contribution >= 0.6 is 0 Å². The zero-order valence-electron chi connectivity index (χ0n) is 11.4. The molecule has 0 radical (unpaired) electrons. The van der Waals surface area contributed by atoms with Gasteiger partial charge in [-0.2, -0.15) is 0 Å². The zero-order valence-corrected chi connectivity index (χ0v) is 11.4. The summed E-state index contributed by atoms with van der Waals surface area (Å²) in [6.45, 7) is 10.0. The summed E-state index contributed by atoms with van der Waals surface area (Å²) in [6, 6.07) is 4.60. The molecule has 16 heavy (non-hydrogen) atoms. The molecule has 1 atom stereocenters. The lowest BCUT2D eigenvalue weighted by atomic mass is 9.90. The van der Waals surface area contributed by atoms with Crippen LogP contribution in [0.15, 0.2) is 12.1 Å². The molecule has 0 bridgehead atoms. The zero-order chi connectivity index (χ0) is 12.1. The molecule has 1 aromatic rings. The first-order chi connectivity index (χ1) is 7.58. The van der Waals surface area contributed by atoms with Gasteiger partial charge in [0.15, 0.2) is 0 Å². The van der Waals surface area contributed by atoms with Gasteiger partial charge < -0.3 is 5.32 Å². The van der Waals surface area contributed by atoms with Gasteiger partial charge in [0, 0.05) is 0 Å². The van der Waals surface area contributed by atoms with Gasteiger partial charge in [0.05, 0.1) is 0 Å². The third-order valence-corrected chi connectivity index (χ3v) is 3.40. The van der Waals surface area contributed by atoms with Gasteiger partial charge in [0.25, 0.3) is 0 Å². The lowest BCUT2D eigenvalue weighted by Gasteiger charge is -2.18. The Kier molecular flexibility index (Phi) is 5.01. The standard InChI is InChI=1S/C15H25N/c1-6-14(10-16-5)9-15-12(3)7-11(2)8-13(15)4/h7-8,14,16H,6,9-10H2,1-5H3. The van der Waals surface area contributed by atoms with Crippen LogP contribution in [0.4, 0.5) is 0 Å². The van der Waals surface area contributed by atoms with Crippen molar-refractivity contribution in [2.24, 2.45) is 5.92 Å². The first-order valence-corrected chi connectivity index (χ1v) is 6.29. The maximum atomic E-state index is 3.29. The average molecular weight is 219 g/mol. The topological polar surface area (TPSA) is 12.0 Å². The molecule has 1 N–H and O–H groups in total. The molecule has 1 unspecified atom stereocenters. The van der Waals surface area contributed by atoms with Gasteiger partial charge >= 0.3 is 0 Å². The first-order valence-electron chi connectivity index (χ1n) is 6.29. The number of aryl methyl sites for hydroxylation is 3. The Morgan fingerprint density at radius 3 is 2.12 bits per heavy atom. The van der Waals surface area contributed by atoms with E-state index in [0.29, 0.717) is 0 Å². The highest BCUT2D eigenvalue weighted by atomic mass is 14.8. The van der Waals surface area contributed by atoms with Crippen molar-refractivity contribution in [2.75, 3.05) is 13.6 Å². The van der Waals surface area contributed by atoms with E-state index < -0.39 is 0 Å². The summed E-state index contributed by atoms with van der Waals surface area (Å²) in [5.41, 5.74) is 5.83. The fraction of sp³-hybridized carbons (Fsp3) is 0.600. The molecule has 0 aliphatic heterocycles. The van der Waals surface area contributed by atoms with E-state index in [1.807, 2.05) is 7.05 Å². The second-order valence-electron chi connectivity index (χ2n) is 4.91. The molecule has 0 aromatic heterocycles. The van der Waals surface area contributed by atoms with Gasteiger partial charge in [-0.1, -0.05) is 31.0 Å². The molecule has 0 saturated carbocycles. The summed E-state index contributed by atoms with van der Waals surface area (Å²) >= 11 is 0. The van der Waals surface area contributed by atoms with Crippen LogP contribution in [0.5, 0.6) is 0 Å². The minimum atomic E-state index is 0.755. The molecule has 1 nitrogen and oxygen atoms in total. The van der Waals surface area contributed by atoms with E-state index in [4.69, 9.17) is 0 Å². The highest BCUT2D eigenvalue weighted by Gasteiger charge is 2.10. The lowest BCUT2D eigenvalue weighted by Crippen LogP contribution is -2.20. The summed E-state index contributed by atoms with van der Waals surface area (Å²) in [7, 11) is 2.04. The van der Waals surface area contributed by atoms with E-state index in [-0.39, 0.29) is 0 Å². The molecule has 0 heterocycles. The fourth-order valence-corrected chi connectivity index (χ4v) is 2.47. The fourth-order valence-electron chi connectivity index (χ4n) is 2.47.